The SMILES string of the molecule is CCCc1cc(F)c(C=CC2CCC(c3ccc(Cl)c(F)c3)CC2)c(F)c1. The van der Waals surface area contributed by atoms with Gasteiger partial charge in [-0.15, -0.1) is 0 Å². The van der Waals surface area contributed by atoms with Crippen LogP contribution in [0.2, 0.25) is 5.02 Å². The molecule has 1 saturated carbocycles. The minimum atomic E-state index is -0.500. The third-order valence-electron chi connectivity index (χ3n) is 5.40. The molecule has 0 amide bonds. The predicted octanol–water partition coefficient (Wildman–Crippen LogP) is 7.70. The zero-order valence-electron chi connectivity index (χ0n) is 15.5. The van der Waals surface area contributed by atoms with E-state index in [1.54, 1.807) is 12.1 Å². The maximum Gasteiger partial charge on any atom is 0.142 e. The van der Waals surface area contributed by atoms with Crippen LogP contribution in [0, 0.1) is 23.4 Å². The van der Waals surface area contributed by atoms with E-state index in [1.807, 2.05) is 19.1 Å². The first-order chi connectivity index (χ1) is 13.0. The molecule has 1 aliphatic carbocycles. The van der Waals surface area contributed by atoms with Crippen molar-refractivity contribution in [1.29, 1.82) is 0 Å². The summed E-state index contributed by atoms with van der Waals surface area (Å²) in [6, 6.07) is 7.86. The van der Waals surface area contributed by atoms with E-state index in [2.05, 4.69) is 0 Å². The Hall–Kier alpha value is -1.74. The Morgan fingerprint density at radius 2 is 1.63 bits per heavy atom. The Kier molecular flexibility index (Phi) is 6.64. The van der Waals surface area contributed by atoms with E-state index in [0.717, 1.165) is 37.7 Å². The monoisotopic (exact) mass is 392 g/mol. The second-order valence-corrected chi connectivity index (χ2v) is 7.77. The van der Waals surface area contributed by atoms with Gasteiger partial charge in [-0.05, 0) is 79.3 Å². The van der Waals surface area contributed by atoms with E-state index >= 15 is 0 Å². The molecule has 0 spiro atoms. The van der Waals surface area contributed by atoms with E-state index < -0.39 is 11.6 Å². The summed E-state index contributed by atoms with van der Waals surface area (Å²) in [5.74, 6) is -0.788. The average Bonchev–Trinajstić information content (AvgIpc) is 2.64. The third-order valence-corrected chi connectivity index (χ3v) is 5.71. The van der Waals surface area contributed by atoms with Crippen LogP contribution in [-0.2, 0) is 6.42 Å². The lowest BCUT2D eigenvalue weighted by Gasteiger charge is -2.27. The molecule has 0 heterocycles. The molecule has 0 N–H and O–H groups in total. The number of hydrogen-bond donors (Lipinski definition) is 0. The van der Waals surface area contributed by atoms with Crippen molar-refractivity contribution in [2.45, 2.75) is 51.4 Å². The molecule has 2 aromatic carbocycles. The van der Waals surface area contributed by atoms with Gasteiger partial charge in [0, 0.05) is 5.56 Å². The van der Waals surface area contributed by atoms with Crippen LogP contribution in [-0.4, -0.2) is 0 Å². The second kappa shape index (κ2) is 8.97. The van der Waals surface area contributed by atoms with Crippen molar-refractivity contribution in [3.05, 3.63) is 75.6 Å². The van der Waals surface area contributed by atoms with Crippen molar-refractivity contribution in [2.24, 2.45) is 5.92 Å². The van der Waals surface area contributed by atoms with Gasteiger partial charge in [0.15, 0.2) is 0 Å². The molecule has 1 aliphatic rings. The maximum atomic E-state index is 14.2. The van der Waals surface area contributed by atoms with Gasteiger partial charge in [0.25, 0.3) is 0 Å². The molecular weight excluding hydrogens is 369 g/mol. The van der Waals surface area contributed by atoms with Crippen molar-refractivity contribution < 1.29 is 13.2 Å². The molecule has 0 nitrogen and oxygen atoms in total. The third kappa shape index (κ3) is 4.95. The van der Waals surface area contributed by atoms with E-state index in [1.165, 1.54) is 18.2 Å². The Morgan fingerprint density at radius 1 is 0.963 bits per heavy atom. The lowest BCUT2D eigenvalue weighted by Crippen LogP contribution is -2.12. The van der Waals surface area contributed by atoms with Gasteiger partial charge in [0.2, 0.25) is 0 Å². The van der Waals surface area contributed by atoms with Crippen LogP contribution in [0.25, 0.3) is 6.08 Å². The molecular formula is C23H24ClF3. The van der Waals surface area contributed by atoms with Gasteiger partial charge < -0.3 is 0 Å². The van der Waals surface area contributed by atoms with Crippen LogP contribution in [0.4, 0.5) is 13.2 Å². The Labute approximate surface area is 164 Å². The van der Waals surface area contributed by atoms with Crippen LogP contribution in [0.3, 0.4) is 0 Å². The quantitative estimate of drug-likeness (QED) is 0.489. The van der Waals surface area contributed by atoms with Gasteiger partial charge in [-0.25, -0.2) is 13.2 Å². The highest BCUT2D eigenvalue weighted by atomic mass is 35.5. The van der Waals surface area contributed by atoms with Crippen LogP contribution in [0.15, 0.2) is 36.4 Å². The van der Waals surface area contributed by atoms with Gasteiger partial charge in [-0.2, -0.15) is 0 Å². The number of halogens is 4. The fraction of sp³-hybridized carbons (Fsp3) is 0.391. The molecule has 0 aliphatic heterocycles. The van der Waals surface area contributed by atoms with E-state index in [-0.39, 0.29) is 22.3 Å². The summed E-state index contributed by atoms with van der Waals surface area (Å²) in [4.78, 5) is 0. The lowest BCUT2D eigenvalue weighted by molar-refractivity contribution is 0.376. The van der Waals surface area contributed by atoms with Gasteiger partial charge in [0.1, 0.15) is 17.5 Å². The Balaban J connectivity index is 1.63. The van der Waals surface area contributed by atoms with Crippen molar-refractivity contribution in [3.8, 4) is 0 Å². The molecule has 0 saturated heterocycles. The molecule has 0 radical (unpaired) electrons. The topological polar surface area (TPSA) is 0 Å². The van der Waals surface area contributed by atoms with Gasteiger partial charge in [0.05, 0.1) is 5.02 Å². The first-order valence-corrected chi connectivity index (χ1v) is 9.96. The summed E-state index contributed by atoms with van der Waals surface area (Å²) in [5, 5.41) is 0.143. The molecule has 0 bridgehead atoms. The predicted molar refractivity (Wildman–Crippen MR) is 105 cm³/mol. The van der Waals surface area contributed by atoms with Crippen molar-refractivity contribution >= 4 is 17.7 Å². The van der Waals surface area contributed by atoms with Crippen LogP contribution in [0.5, 0.6) is 0 Å². The number of rotatable bonds is 5. The molecule has 0 atom stereocenters. The minimum Gasteiger partial charge on any atom is -0.206 e. The first kappa shape index (κ1) is 20.0. The standard InChI is InChI=1S/C23H24ClF3/c1-2-3-16-12-21(25)19(22(26)13-16)10-6-15-4-7-17(8-5-15)18-9-11-20(24)23(27)14-18/h6,9-15,17H,2-5,7-8H2,1H3. The largest absolute Gasteiger partial charge is 0.206 e. The van der Waals surface area contributed by atoms with Crippen molar-refractivity contribution in [2.75, 3.05) is 0 Å². The Bertz CT molecular complexity index is 797. The highest BCUT2D eigenvalue weighted by Gasteiger charge is 2.22. The second-order valence-electron chi connectivity index (χ2n) is 7.37. The zero-order valence-corrected chi connectivity index (χ0v) is 16.2. The van der Waals surface area contributed by atoms with Crippen molar-refractivity contribution in [3.63, 3.8) is 0 Å². The summed E-state index contributed by atoms with van der Waals surface area (Å²) >= 11 is 5.75. The van der Waals surface area contributed by atoms with Gasteiger partial charge in [-0.3, -0.25) is 0 Å². The number of aryl methyl sites for hydroxylation is 1. The minimum absolute atomic E-state index is 0.0387. The lowest BCUT2D eigenvalue weighted by atomic mass is 9.78. The average molecular weight is 393 g/mol. The zero-order chi connectivity index (χ0) is 19.4. The summed E-state index contributed by atoms with van der Waals surface area (Å²) < 4.78 is 42.1. The highest BCUT2D eigenvalue weighted by Crippen LogP contribution is 2.37. The fourth-order valence-corrected chi connectivity index (χ4v) is 3.99. The van der Waals surface area contributed by atoms with Crippen LogP contribution < -0.4 is 0 Å². The molecule has 0 aromatic heterocycles. The molecule has 27 heavy (non-hydrogen) atoms. The maximum absolute atomic E-state index is 14.2. The number of allylic oxidation sites excluding steroid dienone is 1. The number of hydrogen-bond acceptors (Lipinski definition) is 0. The molecule has 3 rings (SSSR count). The van der Waals surface area contributed by atoms with Crippen molar-refractivity contribution in [1.82, 2.24) is 0 Å². The summed E-state index contributed by atoms with van der Waals surface area (Å²) in [5.41, 5.74) is 1.71. The highest BCUT2D eigenvalue weighted by molar-refractivity contribution is 6.30. The summed E-state index contributed by atoms with van der Waals surface area (Å²) in [7, 11) is 0. The molecule has 144 valence electrons. The first-order valence-electron chi connectivity index (χ1n) is 9.59. The van der Waals surface area contributed by atoms with E-state index in [4.69, 9.17) is 11.6 Å². The van der Waals surface area contributed by atoms with Crippen LogP contribution >= 0.6 is 11.6 Å². The molecule has 4 heteroatoms. The van der Waals surface area contributed by atoms with Gasteiger partial charge in [-0.1, -0.05) is 43.2 Å². The van der Waals surface area contributed by atoms with Crippen LogP contribution in [0.1, 0.15) is 61.6 Å². The normalized spacial score (nSPS) is 20.3. The summed E-state index contributed by atoms with van der Waals surface area (Å²) in [6.45, 7) is 1.98. The fourth-order valence-electron chi connectivity index (χ4n) is 3.87. The Morgan fingerprint density at radius 3 is 2.22 bits per heavy atom. The van der Waals surface area contributed by atoms with E-state index in [0.29, 0.717) is 17.9 Å². The van der Waals surface area contributed by atoms with Gasteiger partial charge >= 0.3 is 0 Å². The number of benzene rings is 2. The van der Waals surface area contributed by atoms with E-state index in [9.17, 15) is 13.2 Å². The molecule has 0 unspecified atom stereocenters. The molecule has 1 fully saturated rings. The smallest absolute Gasteiger partial charge is 0.142 e. The molecule has 2 aromatic rings. The summed E-state index contributed by atoms with van der Waals surface area (Å²) in [6.07, 6.45) is 8.72.